The quantitative estimate of drug-likeness (QED) is 0.829. The van der Waals surface area contributed by atoms with E-state index < -0.39 is 0 Å². The Morgan fingerprint density at radius 1 is 1.30 bits per heavy atom. The maximum atomic E-state index is 13.0. The Kier molecular flexibility index (Phi) is 5.66. The predicted octanol–water partition coefficient (Wildman–Crippen LogP) is 5.02. The Morgan fingerprint density at radius 2 is 2.07 bits per heavy atom. The Balaban J connectivity index is 1.84. The van der Waals surface area contributed by atoms with E-state index in [1.54, 1.807) is 18.2 Å². The van der Waals surface area contributed by atoms with E-state index in [2.05, 4.69) is 30.4 Å². The fourth-order valence-electron chi connectivity index (χ4n) is 3.53. The smallest absolute Gasteiger partial charge is 0.322 e. The number of nitriles is 1. The number of carbonyl (C=O) groups is 1. The summed E-state index contributed by atoms with van der Waals surface area (Å²) in [5.41, 5.74) is 3.40. The number of anilines is 1. The molecule has 2 amide bonds. The van der Waals surface area contributed by atoms with Gasteiger partial charge in [-0.3, -0.25) is 0 Å². The lowest BCUT2D eigenvalue weighted by Gasteiger charge is -2.27. The molecule has 1 aliphatic heterocycles. The molecule has 3 rings (SSSR count). The minimum Gasteiger partial charge on any atom is -0.489 e. The monoisotopic (exact) mass is 363 g/mol. The van der Waals surface area contributed by atoms with Crippen molar-refractivity contribution in [1.82, 2.24) is 4.90 Å². The van der Waals surface area contributed by atoms with Crippen molar-refractivity contribution < 1.29 is 9.53 Å². The first-order valence-corrected chi connectivity index (χ1v) is 9.33. The number of benzene rings is 2. The topological polar surface area (TPSA) is 65.4 Å². The lowest BCUT2D eigenvalue weighted by molar-refractivity contribution is 0.206. The van der Waals surface area contributed by atoms with Crippen LogP contribution in [0.3, 0.4) is 0 Å². The minimum atomic E-state index is -0.163. The number of nitrogens with zero attached hydrogens (tertiary/aromatic N) is 2. The fraction of sp³-hybridized carbons (Fsp3) is 0.364. The van der Waals surface area contributed by atoms with Crippen LogP contribution >= 0.6 is 0 Å². The standard InChI is InChI=1S/C22H25N3O2/c1-15(2)27-21-11-10-17(14-23)13-19(21)24-22(26)25-12-6-9-20(25)18-8-5-4-7-16(18)3/h4-5,7-8,10-11,13,15,20H,6,9,12H2,1-3H3,(H,24,26)/t20-/m1/s1. The van der Waals surface area contributed by atoms with Crippen LogP contribution in [0.1, 0.15) is 49.4 Å². The molecule has 1 N–H and O–H groups in total. The van der Waals surface area contributed by atoms with Crippen molar-refractivity contribution >= 4 is 11.7 Å². The molecule has 1 aliphatic rings. The van der Waals surface area contributed by atoms with Gasteiger partial charge >= 0.3 is 6.03 Å². The molecular formula is C22H25N3O2. The van der Waals surface area contributed by atoms with Crippen LogP contribution in [-0.4, -0.2) is 23.6 Å². The molecule has 0 aromatic heterocycles. The van der Waals surface area contributed by atoms with Crippen LogP contribution in [0.25, 0.3) is 0 Å². The molecule has 5 heteroatoms. The number of amides is 2. The molecule has 1 heterocycles. The number of urea groups is 1. The Morgan fingerprint density at radius 3 is 2.78 bits per heavy atom. The summed E-state index contributed by atoms with van der Waals surface area (Å²) in [6, 6.07) is 15.3. The second-order valence-corrected chi connectivity index (χ2v) is 7.13. The SMILES string of the molecule is Cc1ccccc1[C@H]1CCCN1C(=O)Nc1cc(C#N)ccc1OC(C)C. The Labute approximate surface area is 160 Å². The molecule has 140 valence electrons. The summed E-state index contributed by atoms with van der Waals surface area (Å²) >= 11 is 0. The molecule has 1 atom stereocenters. The van der Waals surface area contributed by atoms with Crippen LogP contribution in [0, 0.1) is 18.3 Å². The number of nitrogens with one attached hydrogen (secondary N) is 1. The number of hydrogen-bond donors (Lipinski definition) is 1. The molecule has 0 saturated carbocycles. The van der Waals surface area contributed by atoms with Crippen molar-refractivity contribution in [2.45, 2.75) is 45.8 Å². The molecule has 0 aliphatic carbocycles. The third-order valence-corrected chi connectivity index (χ3v) is 4.77. The van der Waals surface area contributed by atoms with Gasteiger partial charge in [-0.2, -0.15) is 5.26 Å². The molecule has 1 saturated heterocycles. The maximum Gasteiger partial charge on any atom is 0.322 e. The van der Waals surface area contributed by atoms with Gasteiger partial charge in [0.1, 0.15) is 5.75 Å². The van der Waals surface area contributed by atoms with E-state index in [4.69, 9.17) is 4.74 Å². The fourth-order valence-corrected chi connectivity index (χ4v) is 3.53. The average molecular weight is 363 g/mol. The van der Waals surface area contributed by atoms with Crippen molar-refractivity contribution in [3.05, 3.63) is 59.2 Å². The number of hydrogen-bond acceptors (Lipinski definition) is 3. The second-order valence-electron chi connectivity index (χ2n) is 7.13. The number of aryl methyl sites for hydroxylation is 1. The summed E-state index contributed by atoms with van der Waals surface area (Å²) in [7, 11) is 0. The molecule has 0 radical (unpaired) electrons. The molecule has 2 aromatic carbocycles. The highest BCUT2D eigenvalue weighted by Gasteiger charge is 2.31. The van der Waals surface area contributed by atoms with Crippen molar-refractivity contribution in [3.63, 3.8) is 0 Å². The van der Waals surface area contributed by atoms with Crippen molar-refractivity contribution in [1.29, 1.82) is 5.26 Å². The summed E-state index contributed by atoms with van der Waals surface area (Å²) in [5.74, 6) is 0.573. The third kappa shape index (κ3) is 4.22. The molecule has 2 aromatic rings. The number of likely N-dealkylation sites (tertiary alicyclic amines) is 1. The van der Waals surface area contributed by atoms with Gasteiger partial charge in [-0.05, 0) is 62.9 Å². The summed E-state index contributed by atoms with van der Waals surface area (Å²) < 4.78 is 5.80. The van der Waals surface area contributed by atoms with E-state index in [1.165, 1.54) is 11.1 Å². The second kappa shape index (κ2) is 8.13. The van der Waals surface area contributed by atoms with E-state index in [1.807, 2.05) is 30.9 Å². The molecular weight excluding hydrogens is 338 g/mol. The van der Waals surface area contributed by atoms with E-state index >= 15 is 0 Å². The van der Waals surface area contributed by atoms with Crippen LogP contribution in [0.4, 0.5) is 10.5 Å². The first-order valence-electron chi connectivity index (χ1n) is 9.33. The highest BCUT2D eigenvalue weighted by molar-refractivity contribution is 5.91. The lowest BCUT2D eigenvalue weighted by Crippen LogP contribution is -2.34. The zero-order valence-corrected chi connectivity index (χ0v) is 16.0. The normalized spacial score (nSPS) is 16.3. The molecule has 27 heavy (non-hydrogen) atoms. The summed E-state index contributed by atoms with van der Waals surface area (Å²) in [4.78, 5) is 14.9. The zero-order chi connectivity index (χ0) is 19.4. The summed E-state index contributed by atoms with van der Waals surface area (Å²) in [5, 5.41) is 12.2. The lowest BCUT2D eigenvalue weighted by atomic mass is 9.99. The van der Waals surface area contributed by atoms with E-state index in [0.717, 1.165) is 12.8 Å². The van der Waals surface area contributed by atoms with Gasteiger partial charge in [-0.15, -0.1) is 0 Å². The largest absolute Gasteiger partial charge is 0.489 e. The number of rotatable bonds is 4. The van der Waals surface area contributed by atoms with Crippen LogP contribution < -0.4 is 10.1 Å². The van der Waals surface area contributed by atoms with Gasteiger partial charge in [0.05, 0.1) is 29.5 Å². The maximum absolute atomic E-state index is 13.0. The highest BCUT2D eigenvalue weighted by atomic mass is 16.5. The molecule has 0 unspecified atom stereocenters. The van der Waals surface area contributed by atoms with Crippen molar-refractivity contribution in [2.75, 3.05) is 11.9 Å². The molecule has 0 spiro atoms. The molecule has 5 nitrogen and oxygen atoms in total. The van der Waals surface area contributed by atoms with E-state index in [-0.39, 0.29) is 18.2 Å². The predicted molar refractivity (Wildman–Crippen MR) is 106 cm³/mol. The Hall–Kier alpha value is -3.00. The number of ether oxygens (including phenoxy) is 1. The van der Waals surface area contributed by atoms with Gasteiger partial charge in [-0.1, -0.05) is 24.3 Å². The zero-order valence-electron chi connectivity index (χ0n) is 16.0. The highest BCUT2D eigenvalue weighted by Crippen LogP contribution is 2.35. The van der Waals surface area contributed by atoms with Gasteiger partial charge in [0.2, 0.25) is 0 Å². The van der Waals surface area contributed by atoms with Gasteiger partial charge < -0.3 is 15.0 Å². The average Bonchev–Trinajstić information content (AvgIpc) is 3.12. The van der Waals surface area contributed by atoms with Crippen LogP contribution in [-0.2, 0) is 0 Å². The first-order chi connectivity index (χ1) is 13.0. The van der Waals surface area contributed by atoms with Crippen molar-refractivity contribution in [2.24, 2.45) is 0 Å². The summed E-state index contributed by atoms with van der Waals surface area (Å²) in [6.07, 6.45) is 1.89. The number of carbonyl (C=O) groups excluding carboxylic acids is 1. The van der Waals surface area contributed by atoms with Crippen molar-refractivity contribution in [3.8, 4) is 11.8 Å². The van der Waals surface area contributed by atoms with Gasteiger partial charge in [-0.25, -0.2) is 4.79 Å². The summed E-state index contributed by atoms with van der Waals surface area (Å²) in [6.45, 7) is 6.65. The van der Waals surface area contributed by atoms with E-state index in [9.17, 15) is 10.1 Å². The van der Waals surface area contributed by atoms with Gasteiger partial charge in [0.15, 0.2) is 0 Å². The van der Waals surface area contributed by atoms with Crippen LogP contribution in [0.2, 0.25) is 0 Å². The van der Waals surface area contributed by atoms with Gasteiger partial charge in [0.25, 0.3) is 0 Å². The Bertz CT molecular complexity index is 870. The van der Waals surface area contributed by atoms with E-state index in [0.29, 0.717) is 23.5 Å². The third-order valence-electron chi connectivity index (χ3n) is 4.77. The molecule has 0 bridgehead atoms. The van der Waals surface area contributed by atoms with Crippen LogP contribution in [0.15, 0.2) is 42.5 Å². The first kappa shape index (κ1) is 18.8. The minimum absolute atomic E-state index is 0.0277. The van der Waals surface area contributed by atoms with Crippen LogP contribution in [0.5, 0.6) is 5.75 Å². The van der Waals surface area contributed by atoms with Gasteiger partial charge in [0, 0.05) is 6.54 Å². The molecule has 1 fully saturated rings.